The Balaban J connectivity index is 1.38. The molecule has 1 aliphatic rings. The summed E-state index contributed by atoms with van der Waals surface area (Å²) in [5.74, 6) is 0.437. The van der Waals surface area contributed by atoms with Crippen molar-refractivity contribution in [2.24, 2.45) is 0 Å². The van der Waals surface area contributed by atoms with E-state index in [2.05, 4.69) is 25.2 Å². The van der Waals surface area contributed by atoms with Crippen LogP contribution < -0.4 is 10.2 Å². The molecule has 4 rings (SSSR count). The number of amides is 1. The highest BCUT2D eigenvalue weighted by molar-refractivity contribution is 7.14. The molecule has 29 heavy (non-hydrogen) atoms. The number of aromatic nitrogens is 3. The third kappa shape index (κ3) is 4.65. The zero-order chi connectivity index (χ0) is 20.4. The second kappa shape index (κ2) is 8.34. The number of carbonyl (C=O) groups excluding carboxylic acids is 1. The van der Waals surface area contributed by atoms with Crippen molar-refractivity contribution in [3.8, 4) is 0 Å². The number of hydrogen-bond donors (Lipinski definition) is 1. The highest BCUT2D eigenvalue weighted by atomic mass is 35.5. The minimum Gasteiger partial charge on any atom is -0.368 e. The number of halogens is 1. The molecule has 0 unspecified atom stereocenters. The number of thiazole rings is 1. The SMILES string of the molecule is Cc1cc(C)nc(Nc2nc(C(=O)N3CCN(c4cccc(Cl)c4)CC3)cs2)n1. The van der Waals surface area contributed by atoms with Crippen LogP contribution >= 0.6 is 22.9 Å². The first-order valence-electron chi connectivity index (χ1n) is 9.32. The number of hydrogen-bond acceptors (Lipinski definition) is 7. The van der Waals surface area contributed by atoms with Gasteiger partial charge in [0.15, 0.2) is 5.13 Å². The van der Waals surface area contributed by atoms with Crippen molar-refractivity contribution in [3.63, 3.8) is 0 Å². The predicted octanol–water partition coefficient (Wildman–Crippen LogP) is 3.91. The van der Waals surface area contributed by atoms with E-state index in [0.29, 0.717) is 29.9 Å². The molecule has 3 aromatic rings. The molecule has 1 fully saturated rings. The van der Waals surface area contributed by atoms with Crippen molar-refractivity contribution in [3.05, 3.63) is 57.8 Å². The largest absolute Gasteiger partial charge is 0.368 e. The molecule has 150 valence electrons. The molecule has 1 amide bonds. The molecule has 1 aliphatic heterocycles. The van der Waals surface area contributed by atoms with Crippen molar-refractivity contribution in [1.82, 2.24) is 19.9 Å². The van der Waals surface area contributed by atoms with E-state index in [-0.39, 0.29) is 5.91 Å². The first-order valence-corrected chi connectivity index (χ1v) is 10.6. The molecule has 0 radical (unpaired) electrons. The molecule has 0 atom stereocenters. The number of nitrogens with one attached hydrogen (secondary N) is 1. The Bertz CT molecular complexity index is 1010. The summed E-state index contributed by atoms with van der Waals surface area (Å²) < 4.78 is 0. The second-order valence-corrected chi connectivity index (χ2v) is 8.19. The van der Waals surface area contributed by atoms with Gasteiger partial charge in [-0.25, -0.2) is 15.0 Å². The lowest BCUT2D eigenvalue weighted by Crippen LogP contribution is -2.48. The van der Waals surface area contributed by atoms with E-state index in [1.807, 2.05) is 49.1 Å². The van der Waals surface area contributed by atoms with E-state index in [1.165, 1.54) is 11.3 Å². The molecule has 2 aromatic heterocycles. The Kier molecular flexibility index (Phi) is 5.64. The van der Waals surface area contributed by atoms with Gasteiger partial charge in [0.05, 0.1) is 0 Å². The maximum Gasteiger partial charge on any atom is 0.273 e. The van der Waals surface area contributed by atoms with E-state index in [9.17, 15) is 4.79 Å². The van der Waals surface area contributed by atoms with Gasteiger partial charge < -0.3 is 15.1 Å². The number of aryl methyl sites for hydroxylation is 2. The molecular weight excluding hydrogens is 408 g/mol. The summed E-state index contributed by atoms with van der Waals surface area (Å²) in [5.41, 5.74) is 3.28. The van der Waals surface area contributed by atoms with E-state index in [0.717, 1.165) is 35.2 Å². The zero-order valence-corrected chi connectivity index (χ0v) is 17.8. The standard InChI is InChI=1S/C20H21ClN6OS/c1-13-10-14(2)23-19(22-13)25-20-24-17(12-29-20)18(28)27-8-6-26(7-9-27)16-5-3-4-15(21)11-16/h3-5,10-12H,6-9H2,1-2H3,(H,22,23,24,25). The molecule has 0 aliphatic carbocycles. The predicted molar refractivity (Wildman–Crippen MR) is 116 cm³/mol. The summed E-state index contributed by atoms with van der Waals surface area (Å²) >= 11 is 7.46. The molecule has 3 heterocycles. The van der Waals surface area contributed by atoms with E-state index < -0.39 is 0 Å². The summed E-state index contributed by atoms with van der Waals surface area (Å²) in [5, 5.41) is 6.19. The van der Waals surface area contributed by atoms with Crippen molar-refractivity contribution in [2.75, 3.05) is 36.4 Å². The summed E-state index contributed by atoms with van der Waals surface area (Å²) in [6.07, 6.45) is 0. The average Bonchev–Trinajstić information content (AvgIpc) is 3.15. The molecule has 1 aromatic carbocycles. The van der Waals surface area contributed by atoms with Gasteiger partial charge in [0, 0.05) is 53.7 Å². The van der Waals surface area contributed by atoms with E-state index in [4.69, 9.17) is 11.6 Å². The maximum atomic E-state index is 12.8. The van der Waals surface area contributed by atoms with Crippen molar-refractivity contribution < 1.29 is 4.79 Å². The molecule has 9 heteroatoms. The molecule has 1 N–H and O–H groups in total. The fourth-order valence-corrected chi connectivity index (χ4v) is 4.17. The molecule has 0 saturated carbocycles. The molecular formula is C20H21ClN6OS. The van der Waals surface area contributed by atoms with Gasteiger partial charge in [-0.05, 0) is 38.1 Å². The van der Waals surface area contributed by atoms with Crippen LogP contribution in [0.2, 0.25) is 5.02 Å². The minimum absolute atomic E-state index is 0.0543. The average molecular weight is 429 g/mol. The number of piperazine rings is 1. The molecule has 0 bridgehead atoms. The number of carbonyl (C=O) groups is 1. The van der Waals surface area contributed by atoms with Crippen LogP contribution in [-0.2, 0) is 0 Å². The van der Waals surface area contributed by atoms with Crippen LogP contribution in [0, 0.1) is 13.8 Å². The number of nitrogens with zero attached hydrogens (tertiary/aromatic N) is 5. The topological polar surface area (TPSA) is 74.2 Å². The summed E-state index contributed by atoms with van der Waals surface area (Å²) in [7, 11) is 0. The van der Waals surface area contributed by atoms with E-state index in [1.54, 1.807) is 5.38 Å². The Morgan fingerprint density at radius 3 is 2.48 bits per heavy atom. The lowest BCUT2D eigenvalue weighted by atomic mass is 10.2. The Labute approximate surface area is 178 Å². The van der Waals surface area contributed by atoms with Gasteiger partial charge in [-0.2, -0.15) is 0 Å². The highest BCUT2D eigenvalue weighted by Gasteiger charge is 2.24. The van der Waals surface area contributed by atoms with Gasteiger partial charge in [-0.3, -0.25) is 4.79 Å². The van der Waals surface area contributed by atoms with Crippen LogP contribution in [0.3, 0.4) is 0 Å². The number of rotatable bonds is 4. The van der Waals surface area contributed by atoms with Crippen LogP contribution in [0.5, 0.6) is 0 Å². The van der Waals surface area contributed by atoms with Crippen molar-refractivity contribution in [1.29, 1.82) is 0 Å². The van der Waals surface area contributed by atoms with Crippen LogP contribution in [0.25, 0.3) is 0 Å². The quantitative estimate of drug-likeness (QED) is 0.679. The highest BCUT2D eigenvalue weighted by Crippen LogP contribution is 2.23. The Morgan fingerprint density at radius 1 is 1.07 bits per heavy atom. The van der Waals surface area contributed by atoms with Crippen molar-refractivity contribution in [2.45, 2.75) is 13.8 Å². The maximum absolute atomic E-state index is 12.8. The lowest BCUT2D eigenvalue weighted by Gasteiger charge is -2.35. The fraction of sp³-hybridized carbons (Fsp3) is 0.300. The van der Waals surface area contributed by atoms with Gasteiger partial charge in [-0.15, -0.1) is 11.3 Å². The normalized spacial score (nSPS) is 14.2. The molecule has 7 nitrogen and oxygen atoms in total. The van der Waals surface area contributed by atoms with Crippen LogP contribution in [0.15, 0.2) is 35.7 Å². The summed E-state index contributed by atoms with van der Waals surface area (Å²) in [4.78, 5) is 30.1. The summed E-state index contributed by atoms with van der Waals surface area (Å²) in [6, 6.07) is 9.70. The van der Waals surface area contributed by atoms with Crippen molar-refractivity contribution >= 4 is 45.6 Å². The first kappa shape index (κ1) is 19.6. The third-order valence-electron chi connectivity index (χ3n) is 4.66. The smallest absolute Gasteiger partial charge is 0.273 e. The van der Waals surface area contributed by atoms with Gasteiger partial charge in [0.25, 0.3) is 5.91 Å². The molecule has 1 saturated heterocycles. The van der Waals surface area contributed by atoms with Crippen LogP contribution in [0.4, 0.5) is 16.8 Å². The number of benzene rings is 1. The first-order chi connectivity index (χ1) is 14.0. The van der Waals surface area contributed by atoms with E-state index >= 15 is 0 Å². The van der Waals surface area contributed by atoms with Gasteiger partial charge in [-0.1, -0.05) is 17.7 Å². The van der Waals surface area contributed by atoms with Crippen LogP contribution in [0.1, 0.15) is 21.9 Å². The zero-order valence-electron chi connectivity index (χ0n) is 16.2. The fourth-order valence-electron chi connectivity index (χ4n) is 3.31. The minimum atomic E-state index is -0.0543. The van der Waals surface area contributed by atoms with Gasteiger partial charge >= 0.3 is 0 Å². The second-order valence-electron chi connectivity index (χ2n) is 6.90. The Hall–Kier alpha value is -2.71. The monoisotopic (exact) mass is 428 g/mol. The third-order valence-corrected chi connectivity index (χ3v) is 5.66. The van der Waals surface area contributed by atoms with Crippen LogP contribution in [-0.4, -0.2) is 51.9 Å². The Morgan fingerprint density at radius 2 is 1.79 bits per heavy atom. The summed E-state index contributed by atoms with van der Waals surface area (Å²) in [6.45, 7) is 6.65. The molecule has 0 spiro atoms. The number of anilines is 3. The lowest BCUT2D eigenvalue weighted by molar-refractivity contribution is 0.0742. The van der Waals surface area contributed by atoms with Gasteiger partial charge in [0.1, 0.15) is 5.69 Å². The van der Waals surface area contributed by atoms with Gasteiger partial charge in [0.2, 0.25) is 5.95 Å².